The summed E-state index contributed by atoms with van der Waals surface area (Å²) in [5.41, 5.74) is 0. The van der Waals surface area contributed by atoms with Gasteiger partial charge in [0.25, 0.3) is 0 Å². The van der Waals surface area contributed by atoms with Gasteiger partial charge in [-0.15, -0.1) is 0 Å². The zero-order valence-electron chi connectivity index (χ0n) is 53.7. The van der Waals surface area contributed by atoms with Gasteiger partial charge in [-0.1, -0.05) is 246 Å². The van der Waals surface area contributed by atoms with Crippen LogP contribution in [0.2, 0.25) is 0 Å². The summed E-state index contributed by atoms with van der Waals surface area (Å²) in [6.45, 7) is 9.34. The lowest BCUT2D eigenvalue weighted by atomic mass is 9.99. The fraction of sp³-hybridized carbons (Fsp3) is 0.877. The number of carbonyl (C=O) groups excluding carboxylic acids is 4. The Morgan fingerprint density at radius 2 is 0.667 bits per heavy atom. The summed E-state index contributed by atoms with van der Waals surface area (Å²) >= 11 is 0. The van der Waals surface area contributed by atoms with Gasteiger partial charge in [0.15, 0.2) is 12.2 Å². The Bertz CT molecular complexity index is 1750. The molecule has 0 aromatic carbocycles. The van der Waals surface area contributed by atoms with E-state index >= 15 is 0 Å². The molecular formula is C65H122O17P2. The second-order valence-electron chi connectivity index (χ2n) is 23.3. The molecule has 0 heterocycles. The monoisotopic (exact) mass is 1240 g/mol. The third-order valence-corrected chi connectivity index (χ3v) is 17.0. The molecular weight excluding hydrogens is 1110 g/mol. The quantitative estimate of drug-likeness (QED) is 0.0169. The smallest absolute Gasteiger partial charge is 0.462 e. The molecule has 3 N–H and O–H groups in total. The van der Waals surface area contributed by atoms with Crippen molar-refractivity contribution >= 4 is 39.5 Å². The minimum absolute atomic E-state index is 0.0841. The first-order valence-corrected chi connectivity index (χ1v) is 36.4. The molecule has 0 aliphatic carbocycles. The number of rotatable bonds is 62. The van der Waals surface area contributed by atoms with Crippen LogP contribution in [0.15, 0.2) is 24.3 Å². The average molecular weight is 1240 g/mol. The first-order chi connectivity index (χ1) is 40.4. The van der Waals surface area contributed by atoms with Crippen LogP contribution < -0.4 is 0 Å². The van der Waals surface area contributed by atoms with Crippen LogP contribution in [-0.2, 0) is 65.4 Å². The van der Waals surface area contributed by atoms with Crippen molar-refractivity contribution in [3.8, 4) is 0 Å². The summed E-state index contributed by atoms with van der Waals surface area (Å²) in [6.07, 6.45) is 42.6. The van der Waals surface area contributed by atoms with Gasteiger partial charge in [0.2, 0.25) is 0 Å². The molecule has 19 heteroatoms. The molecule has 0 saturated heterocycles. The molecule has 17 nitrogen and oxygen atoms in total. The fourth-order valence-corrected chi connectivity index (χ4v) is 10.7. The van der Waals surface area contributed by atoms with Crippen molar-refractivity contribution in [3.05, 3.63) is 24.3 Å². The number of esters is 4. The molecule has 0 amide bonds. The Balaban J connectivity index is 5.27. The maximum absolute atomic E-state index is 13.0. The third kappa shape index (κ3) is 56.1. The standard InChI is InChI=1S/C65H122O17P2/c1-7-11-13-15-17-18-19-20-21-22-23-24-30-37-43-49-64(69)81-60(54-76-63(68)48-42-36-29-26-25-28-33-39-45-57(5)9-3)55-79-83(71,72)77-51-59(66)52-78-84(73,74)80-56-61(53-75-62(67)47-41-35-27-16-14-12-8-2)82-65(70)50-44-38-32-31-34-40-46-58(6)10-4/h18-21,57-61,66H,7-17,22-56H2,1-6H3,(H,71,72)(H,73,74)/b19-18-,21-20-/t57?,58?,59-,60-,61-/m1/s1. The topological polar surface area (TPSA) is 237 Å². The molecule has 0 aliphatic heterocycles. The van der Waals surface area contributed by atoms with E-state index in [0.29, 0.717) is 25.7 Å². The Morgan fingerprint density at radius 3 is 1.01 bits per heavy atom. The van der Waals surface area contributed by atoms with Gasteiger partial charge in [0.05, 0.1) is 26.4 Å². The largest absolute Gasteiger partial charge is 0.472 e. The van der Waals surface area contributed by atoms with E-state index < -0.39 is 97.5 Å². The number of ether oxygens (including phenoxy) is 4. The first-order valence-electron chi connectivity index (χ1n) is 33.4. The van der Waals surface area contributed by atoms with Crippen LogP contribution in [0.3, 0.4) is 0 Å². The number of hydrogen-bond donors (Lipinski definition) is 3. The highest BCUT2D eigenvalue weighted by molar-refractivity contribution is 7.47. The van der Waals surface area contributed by atoms with Gasteiger partial charge in [0.1, 0.15) is 19.3 Å². The lowest BCUT2D eigenvalue weighted by Crippen LogP contribution is -2.30. The van der Waals surface area contributed by atoms with Gasteiger partial charge < -0.3 is 33.8 Å². The molecule has 0 aromatic rings. The predicted octanol–water partition coefficient (Wildman–Crippen LogP) is 17.6. The van der Waals surface area contributed by atoms with Crippen LogP contribution in [0.5, 0.6) is 0 Å². The van der Waals surface area contributed by atoms with Gasteiger partial charge in [-0.05, 0) is 63.2 Å². The van der Waals surface area contributed by atoms with Crippen LogP contribution in [0.1, 0.15) is 298 Å². The lowest BCUT2D eigenvalue weighted by molar-refractivity contribution is -0.161. The zero-order chi connectivity index (χ0) is 62.2. The van der Waals surface area contributed by atoms with E-state index in [0.717, 1.165) is 127 Å². The maximum atomic E-state index is 13.0. The second kappa shape index (κ2) is 57.0. The third-order valence-electron chi connectivity index (χ3n) is 15.1. The molecule has 0 bridgehead atoms. The molecule has 0 rings (SSSR count). The maximum Gasteiger partial charge on any atom is 0.472 e. The Hall–Kier alpha value is -2.46. The minimum Gasteiger partial charge on any atom is -0.462 e. The Morgan fingerprint density at radius 1 is 0.381 bits per heavy atom. The minimum atomic E-state index is -4.95. The van der Waals surface area contributed by atoms with E-state index in [2.05, 4.69) is 65.8 Å². The molecule has 84 heavy (non-hydrogen) atoms. The number of aliphatic hydroxyl groups excluding tert-OH is 1. The Labute approximate surface area is 510 Å². The van der Waals surface area contributed by atoms with E-state index in [4.69, 9.17) is 37.0 Å². The van der Waals surface area contributed by atoms with Crippen molar-refractivity contribution in [3.63, 3.8) is 0 Å². The summed E-state index contributed by atoms with van der Waals surface area (Å²) in [5.74, 6) is -0.677. The number of phosphoric acid groups is 2. The molecule has 7 atom stereocenters. The number of carbonyl (C=O) groups is 4. The van der Waals surface area contributed by atoms with Gasteiger partial charge >= 0.3 is 39.5 Å². The van der Waals surface area contributed by atoms with Crippen molar-refractivity contribution in [1.29, 1.82) is 0 Å². The van der Waals surface area contributed by atoms with Crippen molar-refractivity contribution in [2.45, 2.75) is 317 Å². The normalized spacial score (nSPS) is 15.1. The summed E-state index contributed by atoms with van der Waals surface area (Å²) < 4.78 is 67.9. The molecule has 0 radical (unpaired) electrons. The van der Waals surface area contributed by atoms with E-state index in [9.17, 15) is 43.2 Å². The van der Waals surface area contributed by atoms with Gasteiger partial charge in [-0.3, -0.25) is 37.3 Å². The molecule has 0 saturated carbocycles. The van der Waals surface area contributed by atoms with Crippen LogP contribution in [0.25, 0.3) is 0 Å². The summed E-state index contributed by atoms with van der Waals surface area (Å²) in [7, 11) is -9.90. The average Bonchev–Trinajstić information content (AvgIpc) is 3.60. The summed E-state index contributed by atoms with van der Waals surface area (Å²) in [5, 5.41) is 10.5. The number of allylic oxidation sites excluding steroid dienone is 4. The van der Waals surface area contributed by atoms with Crippen molar-refractivity contribution in [2.75, 3.05) is 39.6 Å². The van der Waals surface area contributed by atoms with Gasteiger partial charge in [0, 0.05) is 25.7 Å². The molecule has 0 aromatic heterocycles. The highest BCUT2D eigenvalue weighted by Gasteiger charge is 2.30. The van der Waals surface area contributed by atoms with Crippen LogP contribution in [0, 0.1) is 11.8 Å². The molecule has 494 valence electrons. The fourth-order valence-electron chi connectivity index (χ4n) is 9.10. The van der Waals surface area contributed by atoms with Crippen molar-refractivity contribution in [2.24, 2.45) is 11.8 Å². The number of phosphoric ester groups is 2. The van der Waals surface area contributed by atoms with Gasteiger partial charge in [-0.2, -0.15) is 0 Å². The zero-order valence-corrected chi connectivity index (χ0v) is 55.5. The molecule has 0 spiro atoms. The molecule has 4 unspecified atom stereocenters. The van der Waals surface area contributed by atoms with Crippen molar-refractivity contribution < 1.29 is 80.2 Å². The van der Waals surface area contributed by atoms with E-state index in [1.807, 2.05) is 0 Å². The van der Waals surface area contributed by atoms with Crippen LogP contribution in [0.4, 0.5) is 0 Å². The van der Waals surface area contributed by atoms with E-state index in [1.54, 1.807) is 0 Å². The predicted molar refractivity (Wildman–Crippen MR) is 335 cm³/mol. The SMILES string of the molecule is CCCCCC/C=C\C=C/CCCCCCCC(=O)O[C@H](COC(=O)CCCCCCCCCCC(C)CC)COP(=O)(O)OC[C@@H](O)COP(=O)(O)OC[C@@H](COC(=O)CCCCCCCCC)OC(=O)CCCCCCCCC(C)CC. The van der Waals surface area contributed by atoms with Crippen LogP contribution in [-0.4, -0.2) is 96.7 Å². The number of unbranched alkanes of at least 4 members (excludes halogenated alkanes) is 27. The molecule has 0 fully saturated rings. The molecule has 0 aliphatic rings. The second-order valence-corrected chi connectivity index (χ2v) is 26.2. The summed E-state index contributed by atoms with van der Waals surface area (Å²) in [4.78, 5) is 72.1. The highest BCUT2D eigenvalue weighted by atomic mass is 31.2. The first kappa shape index (κ1) is 81.5. The number of hydrogen-bond acceptors (Lipinski definition) is 15. The van der Waals surface area contributed by atoms with E-state index in [-0.39, 0.29) is 25.7 Å². The lowest BCUT2D eigenvalue weighted by Gasteiger charge is -2.21. The summed E-state index contributed by atoms with van der Waals surface area (Å²) in [6, 6.07) is 0. The Kier molecular flexibility index (Phi) is 55.3. The van der Waals surface area contributed by atoms with Gasteiger partial charge in [-0.25, -0.2) is 9.13 Å². The number of aliphatic hydroxyl groups is 1. The van der Waals surface area contributed by atoms with E-state index in [1.165, 1.54) is 89.9 Å². The van der Waals surface area contributed by atoms with Crippen LogP contribution >= 0.6 is 15.6 Å². The van der Waals surface area contributed by atoms with Crippen molar-refractivity contribution in [1.82, 2.24) is 0 Å². The highest BCUT2D eigenvalue weighted by Crippen LogP contribution is 2.45.